The summed E-state index contributed by atoms with van der Waals surface area (Å²) in [5.41, 5.74) is 1.15. The number of nitrogens with zero attached hydrogens (tertiary/aromatic N) is 3. The molecule has 2 aliphatic rings. The Labute approximate surface area is 165 Å². The molecule has 146 valence electrons. The number of aliphatic hydroxyl groups is 1. The Hall–Kier alpha value is -1.56. The van der Waals surface area contributed by atoms with Gasteiger partial charge in [0.05, 0.1) is 19.0 Å². The third-order valence-electron chi connectivity index (χ3n) is 5.85. The second-order valence-corrected chi connectivity index (χ2v) is 8.23. The van der Waals surface area contributed by atoms with Gasteiger partial charge in [0.1, 0.15) is 5.75 Å². The average Bonchev–Trinajstić information content (AvgIpc) is 3.14. The molecule has 27 heavy (non-hydrogen) atoms. The molecule has 3 atom stereocenters. The van der Waals surface area contributed by atoms with E-state index in [1.165, 1.54) is 19.3 Å². The van der Waals surface area contributed by atoms with E-state index in [0.717, 1.165) is 48.7 Å². The van der Waals surface area contributed by atoms with Crippen molar-refractivity contribution in [2.45, 2.75) is 69.8 Å². The van der Waals surface area contributed by atoms with Crippen LogP contribution < -0.4 is 4.74 Å². The first kappa shape index (κ1) is 18.8. The van der Waals surface area contributed by atoms with Crippen LogP contribution in [0.15, 0.2) is 36.9 Å². The molecule has 4 rings (SSSR count). The Balaban J connectivity index is 1.40. The molecule has 1 aromatic heterocycles. The van der Waals surface area contributed by atoms with Crippen molar-refractivity contribution in [1.82, 2.24) is 14.5 Å². The number of rotatable bonds is 7. The van der Waals surface area contributed by atoms with Crippen LogP contribution in [0.3, 0.4) is 0 Å². The molecule has 5 nitrogen and oxygen atoms in total. The van der Waals surface area contributed by atoms with Gasteiger partial charge in [-0.05, 0) is 50.3 Å². The zero-order valence-electron chi connectivity index (χ0n) is 15.6. The molecule has 0 radical (unpaired) electrons. The zero-order valence-corrected chi connectivity index (χ0v) is 16.4. The number of ether oxygens (including phenoxy) is 1. The van der Waals surface area contributed by atoms with Crippen molar-refractivity contribution in [3.63, 3.8) is 0 Å². The van der Waals surface area contributed by atoms with E-state index in [-0.39, 0.29) is 6.10 Å². The summed E-state index contributed by atoms with van der Waals surface area (Å²) in [6.07, 6.45) is 11.8. The quantitative estimate of drug-likeness (QED) is 0.730. The molecule has 2 saturated heterocycles. The van der Waals surface area contributed by atoms with Crippen molar-refractivity contribution >= 4 is 11.6 Å². The number of aliphatic hydroxyl groups excluding tert-OH is 1. The molecule has 3 heterocycles. The van der Waals surface area contributed by atoms with Crippen molar-refractivity contribution in [3.8, 4) is 5.75 Å². The van der Waals surface area contributed by atoms with Crippen molar-refractivity contribution in [2.24, 2.45) is 0 Å². The van der Waals surface area contributed by atoms with Gasteiger partial charge in [-0.2, -0.15) is 0 Å². The smallest absolute Gasteiger partial charge is 0.123 e. The molecule has 2 aromatic rings. The van der Waals surface area contributed by atoms with Crippen molar-refractivity contribution < 1.29 is 9.84 Å². The van der Waals surface area contributed by atoms with E-state index < -0.39 is 0 Å². The van der Waals surface area contributed by atoms with Crippen LogP contribution in [0, 0.1) is 0 Å². The van der Waals surface area contributed by atoms with Gasteiger partial charge in [-0.25, -0.2) is 4.98 Å². The number of fused-ring (bicyclic) bond motifs is 2. The minimum Gasteiger partial charge on any atom is -0.493 e. The molecular weight excluding hydrogens is 362 g/mol. The largest absolute Gasteiger partial charge is 0.493 e. The molecule has 2 bridgehead atoms. The number of benzene rings is 1. The maximum absolute atomic E-state index is 10.1. The standard InChI is InChI=1S/C21H28ClN3O2/c22-17-5-6-21(27-10-2-8-24-9-7-23-15-24)16(11-17)14-25-18-3-1-4-19(25)13-20(26)12-18/h5-7,9,11,15,18-20,26H,1-4,8,10,12-14H2/t18-,19+,20?. The summed E-state index contributed by atoms with van der Waals surface area (Å²) >= 11 is 6.28. The van der Waals surface area contributed by atoms with Gasteiger partial charge >= 0.3 is 0 Å². The van der Waals surface area contributed by atoms with E-state index in [1.54, 1.807) is 6.20 Å². The number of aryl methyl sites for hydroxylation is 1. The highest BCUT2D eigenvalue weighted by molar-refractivity contribution is 6.30. The molecule has 1 unspecified atom stereocenters. The van der Waals surface area contributed by atoms with E-state index in [4.69, 9.17) is 16.3 Å². The van der Waals surface area contributed by atoms with E-state index in [1.807, 2.05) is 30.7 Å². The average molecular weight is 390 g/mol. The number of piperidine rings is 2. The fraction of sp³-hybridized carbons (Fsp3) is 0.571. The maximum atomic E-state index is 10.1. The van der Waals surface area contributed by atoms with Crippen LogP contribution in [0.5, 0.6) is 5.75 Å². The van der Waals surface area contributed by atoms with Crippen molar-refractivity contribution in [3.05, 3.63) is 47.5 Å². The molecule has 1 N–H and O–H groups in total. The van der Waals surface area contributed by atoms with Gasteiger partial charge in [0.2, 0.25) is 0 Å². The minimum atomic E-state index is -0.144. The first-order chi connectivity index (χ1) is 13.2. The molecule has 2 fully saturated rings. The Morgan fingerprint density at radius 1 is 1.22 bits per heavy atom. The lowest BCUT2D eigenvalue weighted by molar-refractivity contribution is -0.0315. The topological polar surface area (TPSA) is 50.5 Å². The van der Waals surface area contributed by atoms with Gasteiger partial charge in [0.15, 0.2) is 0 Å². The monoisotopic (exact) mass is 389 g/mol. The third-order valence-corrected chi connectivity index (χ3v) is 6.09. The van der Waals surface area contributed by atoms with Gasteiger partial charge in [0.25, 0.3) is 0 Å². The van der Waals surface area contributed by atoms with Crippen LogP contribution in [-0.4, -0.2) is 44.4 Å². The van der Waals surface area contributed by atoms with Gasteiger partial charge in [0, 0.05) is 48.2 Å². The predicted octanol–water partition coefficient (Wildman–Crippen LogP) is 3.88. The number of hydrogen-bond acceptors (Lipinski definition) is 4. The highest BCUT2D eigenvalue weighted by atomic mass is 35.5. The third kappa shape index (κ3) is 4.65. The van der Waals surface area contributed by atoms with Crippen LogP contribution in [0.1, 0.15) is 44.1 Å². The molecule has 0 saturated carbocycles. The number of aromatic nitrogens is 2. The fourth-order valence-electron chi connectivity index (χ4n) is 4.57. The Morgan fingerprint density at radius 2 is 2.04 bits per heavy atom. The molecule has 2 aliphatic heterocycles. The summed E-state index contributed by atoms with van der Waals surface area (Å²) in [5.74, 6) is 0.925. The molecule has 6 heteroatoms. The first-order valence-corrected chi connectivity index (χ1v) is 10.4. The van der Waals surface area contributed by atoms with E-state index in [0.29, 0.717) is 18.7 Å². The van der Waals surface area contributed by atoms with Gasteiger partial charge in [-0.1, -0.05) is 18.0 Å². The van der Waals surface area contributed by atoms with Gasteiger partial charge in [-0.15, -0.1) is 0 Å². The second-order valence-electron chi connectivity index (χ2n) is 7.79. The van der Waals surface area contributed by atoms with Gasteiger partial charge < -0.3 is 14.4 Å². The lowest BCUT2D eigenvalue weighted by Crippen LogP contribution is -2.52. The van der Waals surface area contributed by atoms with Crippen molar-refractivity contribution in [1.29, 1.82) is 0 Å². The summed E-state index contributed by atoms with van der Waals surface area (Å²) in [6.45, 7) is 2.41. The highest BCUT2D eigenvalue weighted by Gasteiger charge is 2.37. The van der Waals surface area contributed by atoms with Gasteiger partial charge in [-0.3, -0.25) is 4.90 Å². The van der Waals surface area contributed by atoms with Crippen LogP contribution in [0.4, 0.5) is 0 Å². The maximum Gasteiger partial charge on any atom is 0.123 e. The summed E-state index contributed by atoms with van der Waals surface area (Å²) < 4.78 is 8.17. The second kappa shape index (κ2) is 8.63. The Bertz CT molecular complexity index is 723. The SMILES string of the molecule is OC1C[C@H]2CCC[C@@H](C1)N2Cc1cc(Cl)ccc1OCCCn1ccnc1. The summed E-state index contributed by atoms with van der Waals surface area (Å²) in [5, 5.41) is 10.9. The van der Waals surface area contributed by atoms with Crippen molar-refractivity contribution in [2.75, 3.05) is 6.61 Å². The zero-order chi connectivity index (χ0) is 18.6. The molecule has 0 spiro atoms. The minimum absolute atomic E-state index is 0.144. The van der Waals surface area contributed by atoms with E-state index in [9.17, 15) is 5.11 Å². The molecule has 0 amide bonds. The predicted molar refractivity (Wildman–Crippen MR) is 106 cm³/mol. The lowest BCUT2D eigenvalue weighted by Gasteiger charge is -2.48. The Morgan fingerprint density at radius 3 is 2.78 bits per heavy atom. The molecular formula is C21H28ClN3O2. The Kier molecular flexibility index (Phi) is 6.01. The van der Waals surface area contributed by atoms with Crippen LogP contribution in [-0.2, 0) is 13.1 Å². The van der Waals surface area contributed by atoms with Crippen LogP contribution in [0.25, 0.3) is 0 Å². The first-order valence-electron chi connectivity index (χ1n) is 10.00. The lowest BCUT2D eigenvalue weighted by atomic mass is 9.82. The molecule has 0 aliphatic carbocycles. The number of hydrogen-bond donors (Lipinski definition) is 1. The van der Waals surface area contributed by atoms with Crippen LogP contribution in [0.2, 0.25) is 5.02 Å². The number of halogens is 1. The van der Waals surface area contributed by atoms with E-state index >= 15 is 0 Å². The van der Waals surface area contributed by atoms with E-state index in [2.05, 4.69) is 14.5 Å². The van der Waals surface area contributed by atoms with Crippen LogP contribution >= 0.6 is 11.6 Å². The fourth-order valence-corrected chi connectivity index (χ4v) is 4.76. The summed E-state index contributed by atoms with van der Waals surface area (Å²) in [7, 11) is 0. The normalized spacial score (nSPS) is 25.5. The summed E-state index contributed by atoms with van der Waals surface area (Å²) in [6, 6.07) is 6.87. The summed E-state index contributed by atoms with van der Waals surface area (Å²) in [4.78, 5) is 6.63. The number of imidazole rings is 1. The highest BCUT2D eigenvalue weighted by Crippen LogP contribution is 2.36. The molecule has 1 aromatic carbocycles.